The number of nitrogens with one attached hydrogen (secondary N) is 1. The van der Waals surface area contributed by atoms with Crippen LogP contribution in [0.25, 0.3) is 0 Å². The van der Waals surface area contributed by atoms with Crippen LogP contribution in [0, 0.1) is 19.8 Å². The van der Waals surface area contributed by atoms with Gasteiger partial charge in [0.1, 0.15) is 0 Å². The van der Waals surface area contributed by atoms with Gasteiger partial charge in [-0.05, 0) is 38.7 Å². The van der Waals surface area contributed by atoms with E-state index in [2.05, 4.69) is 23.9 Å². The summed E-state index contributed by atoms with van der Waals surface area (Å²) in [5, 5.41) is 16.9. The van der Waals surface area contributed by atoms with E-state index in [0.29, 0.717) is 19.4 Å². The Morgan fingerprint density at radius 1 is 1.43 bits per heavy atom. The van der Waals surface area contributed by atoms with Crippen molar-refractivity contribution in [2.45, 2.75) is 66.5 Å². The lowest BCUT2D eigenvalue weighted by Gasteiger charge is -2.22. The van der Waals surface area contributed by atoms with Crippen LogP contribution in [-0.2, 0) is 17.8 Å². The minimum absolute atomic E-state index is 0.0178. The highest BCUT2D eigenvalue weighted by Gasteiger charge is 2.18. The first kappa shape index (κ1) is 19.4. The monoisotopic (exact) mass is 321 g/mol. The predicted molar refractivity (Wildman–Crippen MR) is 93.3 cm³/mol. The summed E-state index contributed by atoms with van der Waals surface area (Å²) in [6, 6.07) is -0.166. The number of hydrogen-bond donors (Lipinski definition) is 2. The van der Waals surface area contributed by atoms with E-state index in [4.69, 9.17) is 0 Å². The summed E-state index contributed by atoms with van der Waals surface area (Å²) in [7, 11) is 0. The van der Waals surface area contributed by atoms with Gasteiger partial charge in [-0.2, -0.15) is 5.10 Å². The summed E-state index contributed by atoms with van der Waals surface area (Å²) >= 11 is 0. The number of carbonyl (C=O) groups is 1. The van der Waals surface area contributed by atoms with Crippen molar-refractivity contribution in [3.8, 4) is 0 Å². The van der Waals surface area contributed by atoms with Crippen LogP contribution in [0.15, 0.2) is 12.2 Å². The number of rotatable bonds is 9. The second-order valence-electron chi connectivity index (χ2n) is 6.51. The molecule has 0 aliphatic rings. The smallest absolute Gasteiger partial charge is 0.220 e. The molecule has 0 bridgehead atoms. The topological polar surface area (TPSA) is 67.2 Å². The first-order valence-electron chi connectivity index (χ1n) is 8.37. The average molecular weight is 321 g/mol. The van der Waals surface area contributed by atoms with Gasteiger partial charge in [0.05, 0.1) is 24.9 Å². The van der Waals surface area contributed by atoms with Gasteiger partial charge in [0.2, 0.25) is 5.91 Å². The maximum atomic E-state index is 12.1. The summed E-state index contributed by atoms with van der Waals surface area (Å²) in [6.07, 6.45) is 2.00. The normalized spacial score (nSPS) is 13.7. The van der Waals surface area contributed by atoms with Gasteiger partial charge in [-0.15, -0.1) is 0 Å². The van der Waals surface area contributed by atoms with Gasteiger partial charge in [0, 0.05) is 12.1 Å². The number of aromatic nitrogens is 2. The molecular formula is C18H31N3O2. The quantitative estimate of drug-likeness (QED) is 0.687. The molecule has 2 atom stereocenters. The Hall–Kier alpha value is -1.62. The van der Waals surface area contributed by atoms with Crippen LogP contribution in [0.2, 0.25) is 0 Å². The lowest BCUT2D eigenvalue weighted by atomic mass is 9.99. The van der Waals surface area contributed by atoms with Crippen molar-refractivity contribution in [3.05, 3.63) is 29.1 Å². The number of aliphatic hydroxyl groups excluding tert-OH is 1. The standard InChI is InChI=1S/C18H31N3O2/c1-7-13(4)17(11-22)19-18(23)9-8-16-14(5)20-21(15(16)6)10-12(2)3/h13,17,22H,2,7-11H2,1,3-6H3,(H,19,23)/t13-,17+/m0/s1. The van der Waals surface area contributed by atoms with Crippen LogP contribution in [0.5, 0.6) is 0 Å². The average Bonchev–Trinajstić information content (AvgIpc) is 2.75. The third kappa shape index (κ3) is 5.50. The molecule has 0 unspecified atom stereocenters. The molecule has 0 aliphatic carbocycles. The number of nitrogens with zero attached hydrogens (tertiary/aromatic N) is 2. The van der Waals surface area contributed by atoms with Crippen molar-refractivity contribution in [1.29, 1.82) is 0 Å². The van der Waals surface area contributed by atoms with Crippen molar-refractivity contribution in [2.75, 3.05) is 6.61 Å². The zero-order chi connectivity index (χ0) is 17.6. The molecule has 1 aromatic rings. The Morgan fingerprint density at radius 2 is 2.09 bits per heavy atom. The number of amides is 1. The second-order valence-corrected chi connectivity index (χ2v) is 6.51. The van der Waals surface area contributed by atoms with Gasteiger partial charge in [-0.3, -0.25) is 9.48 Å². The van der Waals surface area contributed by atoms with Gasteiger partial charge in [-0.1, -0.05) is 32.4 Å². The highest BCUT2D eigenvalue weighted by atomic mass is 16.3. The van der Waals surface area contributed by atoms with Crippen molar-refractivity contribution < 1.29 is 9.90 Å². The summed E-state index contributed by atoms with van der Waals surface area (Å²) in [4.78, 5) is 12.1. The zero-order valence-electron chi connectivity index (χ0n) is 15.1. The van der Waals surface area contributed by atoms with E-state index in [1.54, 1.807) is 0 Å². The van der Waals surface area contributed by atoms with E-state index in [0.717, 1.165) is 28.9 Å². The first-order chi connectivity index (χ1) is 10.8. The van der Waals surface area contributed by atoms with E-state index in [-0.39, 0.29) is 24.5 Å². The second kappa shape index (κ2) is 8.87. The Morgan fingerprint density at radius 3 is 2.61 bits per heavy atom. The van der Waals surface area contributed by atoms with E-state index < -0.39 is 0 Å². The summed E-state index contributed by atoms with van der Waals surface area (Å²) in [5.41, 5.74) is 4.25. The fourth-order valence-corrected chi connectivity index (χ4v) is 2.68. The van der Waals surface area contributed by atoms with E-state index in [1.807, 2.05) is 32.4 Å². The molecule has 1 heterocycles. The summed E-state index contributed by atoms with van der Waals surface area (Å²) in [5.74, 6) is 0.251. The van der Waals surface area contributed by atoms with Gasteiger partial charge in [0.15, 0.2) is 0 Å². The molecule has 0 saturated carbocycles. The SMILES string of the molecule is C=C(C)Cn1nc(C)c(CCC(=O)N[C@H](CO)[C@@H](C)CC)c1C. The minimum atomic E-state index is -0.166. The molecule has 0 aliphatic heterocycles. The van der Waals surface area contributed by atoms with Crippen LogP contribution >= 0.6 is 0 Å². The Balaban J connectivity index is 2.66. The van der Waals surface area contributed by atoms with Crippen LogP contribution in [0.3, 0.4) is 0 Å². The van der Waals surface area contributed by atoms with E-state index >= 15 is 0 Å². The molecule has 0 aromatic carbocycles. The number of carbonyl (C=O) groups excluding carboxylic acids is 1. The molecule has 0 spiro atoms. The maximum Gasteiger partial charge on any atom is 0.220 e. The lowest BCUT2D eigenvalue weighted by Crippen LogP contribution is -2.41. The highest BCUT2D eigenvalue weighted by Crippen LogP contribution is 2.16. The largest absolute Gasteiger partial charge is 0.394 e. The van der Waals surface area contributed by atoms with Crippen molar-refractivity contribution >= 4 is 5.91 Å². The first-order valence-corrected chi connectivity index (χ1v) is 8.37. The zero-order valence-corrected chi connectivity index (χ0v) is 15.1. The molecule has 1 amide bonds. The number of allylic oxidation sites excluding steroid dienone is 1. The molecule has 0 radical (unpaired) electrons. The highest BCUT2D eigenvalue weighted by molar-refractivity contribution is 5.76. The van der Waals surface area contributed by atoms with Crippen molar-refractivity contribution in [2.24, 2.45) is 5.92 Å². The molecule has 0 fully saturated rings. The molecular weight excluding hydrogens is 290 g/mol. The third-order valence-corrected chi connectivity index (χ3v) is 4.43. The fourth-order valence-electron chi connectivity index (χ4n) is 2.68. The maximum absolute atomic E-state index is 12.1. The molecule has 130 valence electrons. The number of hydrogen-bond acceptors (Lipinski definition) is 3. The van der Waals surface area contributed by atoms with Gasteiger partial charge in [0.25, 0.3) is 0 Å². The molecule has 1 aromatic heterocycles. The summed E-state index contributed by atoms with van der Waals surface area (Å²) < 4.78 is 1.95. The minimum Gasteiger partial charge on any atom is -0.394 e. The molecule has 0 saturated heterocycles. The third-order valence-electron chi connectivity index (χ3n) is 4.43. The molecule has 2 N–H and O–H groups in total. The Labute approximate surface area is 139 Å². The summed E-state index contributed by atoms with van der Waals surface area (Å²) in [6.45, 7) is 14.7. The van der Waals surface area contributed by atoms with Crippen LogP contribution in [0.4, 0.5) is 0 Å². The number of aryl methyl sites for hydroxylation is 1. The van der Waals surface area contributed by atoms with Crippen LogP contribution in [0.1, 0.15) is 50.6 Å². The van der Waals surface area contributed by atoms with E-state index in [9.17, 15) is 9.90 Å². The van der Waals surface area contributed by atoms with Gasteiger partial charge in [-0.25, -0.2) is 0 Å². The van der Waals surface area contributed by atoms with Crippen molar-refractivity contribution in [3.63, 3.8) is 0 Å². The molecule has 1 rings (SSSR count). The van der Waals surface area contributed by atoms with Crippen molar-refractivity contribution in [1.82, 2.24) is 15.1 Å². The Kier molecular flexibility index (Phi) is 7.49. The molecule has 5 heteroatoms. The molecule has 23 heavy (non-hydrogen) atoms. The predicted octanol–water partition coefficient (Wildman–Crippen LogP) is 2.53. The van der Waals surface area contributed by atoms with E-state index in [1.165, 1.54) is 0 Å². The van der Waals surface area contributed by atoms with Crippen LogP contribution in [-0.4, -0.2) is 33.4 Å². The molecule has 5 nitrogen and oxygen atoms in total. The number of aliphatic hydroxyl groups is 1. The van der Waals surface area contributed by atoms with Gasteiger partial charge >= 0.3 is 0 Å². The van der Waals surface area contributed by atoms with Gasteiger partial charge < -0.3 is 10.4 Å². The van der Waals surface area contributed by atoms with Crippen LogP contribution < -0.4 is 5.32 Å². The lowest BCUT2D eigenvalue weighted by molar-refractivity contribution is -0.122. The Bertz CT molecular complexity index is 549. The fraction of sp³-hybridized carbons (Fsp3) is 0.667.